The van der Waals surface area contributed by atoms with Crippen molar-refractivity contribution in [2.45, 2.75) is 27.3 Å². The minimum atomic E-state index is -0.378. The van der Waals surface area contributed by atoms with Crippen molar-refractivity contribution < 1.29 is 19.1 Å². The van der Waals surface area contributed by atoms with Gasteiger partial charge in [-0.05, 0) is 55.0 Å². The van der Waals surface area contributed by atoms with E-state index in [1.807, 2.05) is 25.1 Å². The summed E-state index contributed by atoms with van der Waals surface area (Å²) in [6.07, 6.45) is 0. The van der Waals surface area contributed by atoms with Crippen molar-refractivity contribution in [3.05, 3.63) is 47.5 Å². The molecule has 6 heteroatoms. The Labute approximate surface area is 156 Å². The van der Waals surface area contributed by atoms with Gasteiger partial charge in [-0.25, -0.2) is 0 Å². The first-order valence-electron chi connectivity index (χ1n) is 8.19. The summed E-state index contributed by atoms with van der Waals surface area (Å²) in [6.45, 7) is 5.48. The molecule has 0 aliphatic carbocycles. The fraction of sp³-hybridized carbons (Fsp3) is 0.200. The molecule has 0 unspecified atom stereocenters. The molecule has 0 saturated carbocycles. The van der Waals surface area contributed by atoms with Crippen molar-refractivity contribution in [3.8, 4) is 22.8 Å². The van der Waals surface area contributed by atoms with E-state index in [-0.39, 0.29) is 11.9 Å². The molecule has 0 radical (unpaired) electrons. The van der Waals surface area contributed by atoms with Crippen molar-refractivity contribution >= 4 is 34.4 Å². The second-order valence-electron chi connectivity index (χ2n) is 5.80. The Bertz CT molecular complexity index is 989. The lowest BCUT2D eigenvalue weighted by atomic mass is 10.1. The van der Waals surface area contributed by atoms with Crippen LogP contribution in [-0.2, 0) is 16.1 Å². The van der Waals surface area contributed by atoms with Gasteiger partial charge in [0.2, 0.25) is 0 Å². The van der Waals surface area contributed by atoms with E-state index in [0.717, 1.165) is 28.7 Å². The zero-order chi connectivity index (χ0) is 18.8. The summed E-state index contributed by atoms with van der Waals surface area (Å²) in [7, 11) is 0. The normalized spacial score (nSPS) is 10.8. The number of aromatic nitrogens is 1. The van der Waals surface area contributed by atoms with Gasteiger partial charge in [-0.15, -0.1) is 0 Å². The first kappa shape index (κ1) is 18.0. The molecule has 0 bridgehead atoms. The van der Waals surface area contributed by atoms with Crippen LogP contribution >= 0.6 is 11.6 Å². The van der Waals surface area contributed by atoms with Gasteiger partial charge in [-0.1, -0.05) is 11.6 Å². The van der Waals surface area contributed by atoms with Gasteiger partial charge in [0.15, 0.2) is 0 Å². The number of aryl methyl sites for hydroxylation is 1. The number of hydrogen-bond donors (Lipinski definition) is 0. The van der Waals surface area contributed by atoms with Crippen molar-refractivity contribution in [2.24, 2.45) is 0 Å². The molecule has 0 aliphatic rings. The Hall–Kier alpha value is -2.79. The third-order valence-corrected chi connectivity index (χ3v) is 4.32. The molecule has 0 aliphatic heterocycles. The van der Waals surface area contributed by atoms with E-state index >= 15 is 0 Å². The molecular weight excluding hydrogens is 354 g/mol. The second kappa shape index (κ2) is 7.22. The van der Waals surface area contributed by atoms with Crippen LogP contribution < -0.4 is 9.47 Å². The highest BCUT2D eigenvalue weighted by atomic mass is 35.5. The average molecular weight is 372 g/mol. The number of hydrogen-bond acceptors (Lipinski definition) is 4. The van der Waals surface area contributed by atoms with E-state index in [2.05, 4.69) is 4.57 Å². The topological polar surface area (TPSA) is 57.5 Å². The zero-order valence-electron chi connectivity index (χ0n) is 14.7. The largest absolute Gasteiger partial charge is 0.427 e. The zero-order valence-corrected chi connectivity index (χ0v) is 15.5. The van der Waals surface area contributed by atoms with Crippen LogP contribution in [-0.4, -0.2) is 16.5 Å². The number of carbonyl (C=O) groups excluding carboxylic acids is 2. The fourth-order valence-corrected chi connectivity index (χ4v) is 3.34. The van der Waals surface area contributed by atoms with Crippen LogP contribution in [0, 0.1) is 0 Å². The van der Waals surface area contributed by atoms with Gasteiger partial charge in [0.1, 0.15) is 11.5 Å². The first-order valence-corrected chi connectivity index (χ1v) is 8.57. The van der Waals surface area contributed by atoms with Gasteiger partial charge in [0.25, 0.3) is 0 Å². The molecule has 2 aromatic carbocycles. The highest BCUT2D eigenvalue weighted by Crippen LogP contribution is 2.39. The SMILES string of the molecule is CCn1c(-c2ccc(OC(C)=O)cc2)c(Cl)c2cc(OC(C)=O)ccc21. The maximum Gasteiger partial charge on any atom is 0.308 e. The molecule has 0 fully saturated rings. The highest BCUT2D eigenvalue weighted by Gasteiger charge is 2.17. The van der Waals surface area contributed by atoms with Crippen LogP contribution in [0.3, 0.4) is 0 Å². The quantitative estimate of drug-likeness (QED) is 0.486. The molecule has 0 saturated heterocycles. The van der Waals surface area contributed by atoms with Crippen LogP contribution in [0.1, 0.15) is 20.8 Å². The fourth-order valence-electron chi connectivity index (χ4n) is 2.98. The van der Waals surface area contributed by atoms with E-state index in [4.69, 9.17) is 21.1 Å². The van der Waals surface area contributed by atoms with E-state index in [0.29, 0.717) is 16.5 Å². The minimum absolute atomic E-state index is 0.364. The van der Waals surface area contributed by atoms with E-state index in [9.17, 15) is 9.59 Å². The molecule has 0 amide bonds. The maximum absolute atomic E-state index is 11.2. The van der Waals surface area contributed by atoms with Crippen LogP contribution in [0.4, 0.5) is 0 Å². The Morgan fingerprint density at radius 1 is 0.962 bits per heavy atom. The monoisotopic (exact) mass is 371 g/mol. The third-order valence-electron chi connectivity index (χ3n) is 3.94. The standard InChI is InChI=1S/C20H18ClNO4/c1-4-22-18-10-9-16(26-13(3)24)11-17(18)19(21)20(22)14-5-7-15(8-6-14)25-12(2)23/h5-11H,4H2,1-3H3. The summed E-state index contributed by atoms with van der Waals surface area (Å²) in [4.78, 5) is 22.3. The van der Waals surface area contributed by atoms with E-state index < -0.39 is 0 Å². The van der Waals surface area contributed by atoms with Gasteiger partial charge in [0.05, 0.1) is 16.2 Å². The molecular formula is C20H18ClNO4. The third kappa shape index (κ3) is 3.44. The number of rotatable bonds is 4. The van der Waals surface area contributed by atoms with Crippen LogP contribution in [0.25, 0.3) is 22.2 Å². The van der Waals surface area contributed by atoms with Gasteiger partial charge in [-0.3, -0.25) is 9.59 Å². The van der Waals surface area contributed by atoms with Crippen LogP contribution in [0.2, 0.25) is 5.02 Å². The van der Waals surface area contributed by atoms with Crippen LogP contribution in [0.15, 0.2) is 42.5 Å². The highest BCUT2D eigenvalue weighted by molar-refractivity contribution is 6.38. The van der Waals surface area contributed by atoms with Gasteiger partial charge in [0, 0.05) is 25.8 Å². The lowest BCUT2D eigenvalue weighted by Crippen LogP contribution is -2.01. The molecule has 0 atom stereocenters. The molecule has 0 spiro atoms. The Morgan fingerprint density at radius 2 is 1.54 bits per heavy atom. The summed E-state index contributed by atoms with van der Waals surface area (Å²) in [5.41, 5.74) is 2.71. The lowest BCUT2D eigenvalue weighted by Gasteiger charge is -2.09. The maximum atomic E-state index is 11.2. The molecule has 0 N–H and O–H groups in total. The summed E-state index contributed by atoms with van der Waals surface area (Å²) >= 11 is 6.66. The number of carbonyl (C=O) groups is 2. The lowest BCUT2D eigenvalue weighted by molar-refractivity contribution is -0.132. The number of benzene rings is 2. The molecule has 3 aromatic rings. The summed E-state index contributed by atoms with van der Waals surface area (Å²) in [5.74, 6) is 0.193. The Morgan fingerprint density at radius 3 is 2.12 bits per heavy atom. The molecule has 134 valence electrons. The predicted molar refractivity (Wildman–Crippen MR) is 101 cm³/mol. The summed E-state index contributed by atoms with van der Waals surface area (Å²) < 4.78 is 12.3. The van der Waals surface area contributed by atoms with Gasteiger partial charge in [-0.2, -0.15) is 0 Å². The minimum Gasteiger partial charge on any atom is -0.427 e. The summed E-state index contributed by atoms with van der Waals surface area (Å²) in [5, 5.41) is 1.39. The van der Waals surface area contributed by atoms with E-state index in [1.165, 1.54) is 13.8 Å². The molecule has 5 nitrogen and oxygen atoms in total. The molecule has 1 heterocycles. The summed E-state index contributed by atoms with van der Waals surface area (Å²) in [6, 6.07) is 12.6. The number of ether oxygens (including phenoxy) is 2. The van der Waals surface area contributed by atoms with Crippen molar-refractivity contribution in [1.29, 1.82) is 0 Å². The number of fused-ring (bicyclic) bond motifs is 1. The van der Waals surface area contributed by atoms with Crippen molar-refractivity contribution in [3.63, 3.8) is 0 Å². The van der Waals surface area contributed by atoms with Gasteiger partial charge < -0.3 is 14.0 Å². The first-order chi connectivity index (χ1) is 12.4. The average Bonchev–Trinajstić information content (AvgIpc) is 2.86. The Balaban J connectivity index is 2.11. The predicted octanol–water partition coefficient (Wildman–Crippen LogP) is 4.83. The molecule has 26 heavy (non-hydrogen) atoms. The molecule has 1 aromatic heterocycles. The van der Waals surface area contributed by atoms with Crippen molar-refractivity contribution in [1.82, 2.24) is 4.57 Å². The smallest absolute Gasteiger partial charge is 0.308 e. The number of nitrogens with zero attached hydrogens (tertiary/aromatic N) is 1. The number of halogens is 1. The van der Waals surface area contributed by atoms with E-state index in [1.54, 1.807) is 24.3 Å². The Kier molecular flexibility index (Phi) is 5.00. The number of esters is 2. The van der Waals surface area contributed by atoms with Gasteiger partial charge >= 0.3 is 11.9 Å². The van der Waals surface area contributed by atoms with Crippen molar-refractivity contribution in [2.75, 3.05) is 0 Å². The second-order valence-corrected chi connectivity index (χ2v) is 6.18. The molecule has 3 rings (SSSR count). The van der Waals surface area contributed by atoms with Crippen LogP contribution in [0.5, 0.6) is 11.5 Å².